The predicted molar refractivity (Wildman–Crippen MR) is 137 cm³/mol. The van der Waals surface area contributed by atoms with Crippen LogP contribution in [-0.4, -0.2) is 65.3 Å². The summed E-state index contributed by atoms with van der Waals surface area (Å²) >= 11 is 0. The predicted octanol–water partition coefficient (Wildman–Crippen LogP) is 4.06. The highest BCUT2D eigenvalue weighted by molar-refractivity contribution is 6.08. The van der Waals surface area contributed by atoms with Crippen LogP contribution in [0.15, 0.2) is 60.7 Å². The minimum atomic E-state index is -0.497. The maximum Gasteiger partial charge on any atom is 0.274 e. The highest BCUT2D eigenvalue weighted by Crippen LogP contribution is 2.31. The number of benzene rings is 3. The Bertz CT molecular complexity index is 1320. The summed E-state index contributed by atoms with van der Waals surface area (Å²) in [7, 11) is 2.20. The van der Waals surface area contributed by atoms with Gasteiger partial charge >= 0.3 is 0 Å². The first-order valence-corrected chi connectivity index (χ1v) is 12.0. The van der Waals surface area contributed by atoms with E-state index < -0.39 is 5.91 Å². The summed E-state index contributed by atoms with van der Waals surface area (Å²) in [6, 6.07) is 21.0. The third-order valence-electron chi connectivity index (χ3n) is 7.06. The number of nitrogens with zero attached hydrogens (tertiary/aromatic N) is 3. The lowest BCUT2D eigenvalue weighted by Gasteiger charge is -2.32. The van der Waals surface area contributed by atoms with Gasteiger partial charge in [0.1, 0.15) is 0 Å². The Labute approximate surface area is 200 Å². The van der Waals surface area contributed by atoms with E-state index in [1.807, 2.05) is 12.1 Å². The topological polar surface area (TPSA) is 60.7 Å². The van der Waals surface area contributed by atoms with Crippen LogP contribution in [0.1, 0.15) is 27.0 Å². The minimum Gasteiger partial charge on any atom is -0.336 e. The minimum absolute atomic E-state index is 0.439. The van der Waals surface area contributed by atoms with Crippen LogP contribution in [-0.2, 0) is 13.0 Å². The fraction of sp³-hybridized carbons (Fsp3) is 0.321. The van der Waals surface area contributed by atoms with Gasteiger partial charge in [0.25, 0.3) is 5.91 Å². The van der Waals surface area contributed by atoms with Gasteiger partial charge in [-0.1, -0.05) is 29.8 Å². The maximum atomic E-state index is 11.7. The summed E-state index contributed by atoms with van der Waals surface area (Å²) in [4.78, 5) is 16.6. The van der Waals surface area contributed by atoms with Crippen molar-refractivity contribution in [3.63, 3.8) is 0 Å². The number of hydrogen-bond acceptors (Lipinski definition) is 4. The molecule has 0 saturated carbocycles. The SMILES string of the molecule is Cc1ccc2c(c1)c1cc(CCN3CCN(C)CC3)ccc1n2Cc1ccc(C(=O)NO)cc1. The second-order valence-corrected chi connectivity index (χ2v) is 9.49. The first-order valence-electron chi connectivity index (χ1n) is 12.0. The Balaban J connectivity index is 1.45. The van der Waals surface area contributed by atoms with Crippen LogP contribution in [0.3, 0.4) is 0 Å². The molecule has 34 heavy (non-hydrogen) atoms. The third-order valence-corrected chi connectivity index (χ3v) is 7.06. The molecule has 0 atom stereocenters. The fourth-order valence-corrected chi connectivity index (χ4v) is 4.96. The summed E-state index contributed by atoms with van der Waals surface area (Å²) in [5, 5.41) is 11.4. The van der Waals surface area contributed by atoms with Crippen molar-refractivity contribution in [2.45, 2.75) is 19.9 Å². The van der Waals surface area contributed by atoms with Gasteiger partial charge in [-0.15, -0.1) is 0 Å². The number of piperazine rings is 1. The molecular weight excluding hydrogens is 424 g/mol. The van der Waals surface area contributed by atoms with Crippen molar-refractivity contribution < 1.29 is 10.0 Å². The molecular formula is C28H32N4O2. The Morgan fingerprint density at radius 1 is 0.882 bits per heavy atom. The zero-order valence-corrected chi connectivity index (χ0v) is 19.9. The number of nitrogens with one attached hydrogen (secondary N) is 1. The smallest absolute Gasteiger partial charge is 0.274 e. The number of rotatable bonds is 6. The second-order valence-electron chi connectivity index (χ2n) is 9.49. The molecule has 1 aromatic heterocycles. The van der Waals surface area contributed by atoms with Crippen molar-refractivity contribution in [1.29, 1.82) is 0 Å². The standard InChI is InChI=1S/C28H32N4O2/c1-20-3-9-26-24(17-20)25-18-21(11-12-31-15-13-30(2)14-16-31)6-10-27(25)32(26)19-22-4-7-23(8-5-22)28(33)29-34/h3-10,17-18,34H,11-16,19H2,1-2H3,(H,29,33). The van der Waals surface area contributed by atoms with Gasteiger partial charge in [0, 0.05) is 66.6 Å². The van der Waals surface area contributed by atoms with Gasteiger partial charge in [0.2, 0.25) is 0 Å². The lowest BCUT2D eigenvalue weighted by molar-refractivity contribution is 0.0706. The van der Waals surface area contributed by atoms with Crippen molar-refractivity contribution in [2.24, 2.45) is 0 Å². The molecule has 1 fully saturated rings. The van der Waals surface area contributed by atoms with Gasteiger partial charge in [-0.3, -0.25) is 10.0 Å². The van der Waals surface area contributed by atoms with E-state index in [1.165, 1.54) is 32.9 Å². The summed E-state index contributed by atoms with van der Waals surface area (Å²) < 4.78 is 2.36. The molecule has 0 radical (unpaired) electrons. The maximum absolute atomic E-state index is 11.7. The van der Waals surface area contributed by atoms with E-state index in [-0.39, 0.29) is 0 Å². The molecule has 5 rings (SSSR count). The molecule has 1 saturated heterocycles. The number of hydroxylamine groups is 1. The Morgan fingerprint density at radius 3 is 2.24 bits per heavy atom. The van der Waals surface area contributed by atoms with E-state index in [2.05, 4.69) is 64.7 Å². The van der Waals surface area contributed by atoms with E-state index in [0.29, 0.717) is 12.1 Å². The quantitative estimate of drug-likeness (QED) is 0.339. The number of aromatic nitrogens is 1. The van der Waals surface area contributed by atoms with Crippen LogP contribution in [0.5, 0.6) is 0 Å². The molecule has 0 bridgehead atoms. The van der Waals surface area contributed by atoms with Crippen LogP contribution >= 0.6 is 0 Å². The summed E-state index contributed by atoms with van der Waals surface area (Å²) in [6.45, 7) is 8.56. The van der Waals surface area contributed by atoms with E-state index in [1.54, 1.807) is 17.6 Å². The monoisotopic (exact) mass is 456 g/mol. The molecule has 2 N–H and O–H groups in total. The number of hydrogen-bond donors (Lipinski definition) is 2. The molecule has 2 heterocycles. The number of likely N-dealkylation sites (N-methyl/N-ethyl adjacent to an activating group) is 1. The van der Waals surface area contributed by atoms with Gasteiger partial charge in [-0.2, -0.15) is 0 Å². The Kier molecular flexibility index (Phi) is 6.37. The third kappa shape index (κ3) is 4.57. The van der Waals surface area contributed by atoms with Gasteiger partial charge in [-0.25, -0.2) is 5.48 Å². The molecule has 6 nitrogen and oxygen atoms in total. The molecule has 6 heteroatoms. The number of carbonyl (C=O) groups excluding carboxylic acids is 1. The van der Waals surface area contributed by atoms with Crippen LogP contribution in [0.2, 0.25) is 0 Å². The lowest BCUT2D eigenvalue weighted by Crippen LogP contribution is -2.45. The first kappa shape index (κ1) is 22.6. The highest BCUT2D eigenvalue weighted by atomic mass is 16.5. The van der Waals surface area contributed by atoms with Crippen molar-refractivity contribution in [1.82, 2.24) is 19.8 Å². The summed E-state index contributed by atoms with van der Waals surface area (Å²) in [5.41, 5.74) is 8.31. The van der Waals surface area contributed by atoms with Gasteiger partial charge in [-0.05, 0) is 67.9 Å². The molecule has 0 spiro atoms. The van der Waals surface area contributed by atoms with E-state index in [4.69, 9.17) is 5.21 Å². The molecule has 1 aliphatic rings. The Hall–Kier alpha value is -3.19. The zero-order chi connectivity index (χ0) is 23.7. The Morgan fingerprint density at radius 2 is 1.53 bits per heavy atom. The highest BCUT2D eigenvalue weighted by Gasteiger charge is 2.15. The van der Waals surface area contributed by atoms with Crippen molar-refractivity contribution in [2.75, 3.05) is 39.8 Å². The largest absolute Gasteiger partial charge is 0.336 e. The van der Waals surface area contributed by atoms with E-state index >= 15 is 0 Å². The normalized spacial score (nSPS) is 15.3. The number of aryl methyl sites for hydroxylation is 1. The van der Waals surface area contributed by atoms with Crippen LogP contribution < -0.4 is 5.48 Å². The molecule has 3 aromatic carbocycles. The van der Waals surface area contributed by atoms with Crippen molar-refractivity contribution in [3.05, 3.63) is 82.9 Å². The average Bonchev–Trinajstić information content (AvgIpc) is 3.15. The van der Waals surface area contributed by atoms with Crippen molar-refractivity contribution in [3.8, 4) is 0 Å². The summed E-state index contributed by atoms with van der Waals surface area (Å²) in [6.07, 6.45) is 1.06. The lowest BCUT2D eigenvalue weighted by atomic mass is 10.1. The second kappa shape index (κ2) is 9.58. The van der Waals surface area contributed by atoms with Gasteiger partial charge in [0.15, 0.2) is 0 Å². The number of carbonyl (C=O) groups is 1. The number of amides is 1. The van der Waals surface area contributed by atoms with Gasteiger partial charge < -0.3 is 14.4 Å². The van der Waals surface area contributed by atoms with Crippen LogP contribution in [0, 0.1) is 6.92 Å². The zero-order valence-electron chi connectivity index (χ0n) is 19.9. The molecule has 1 aliphatic heterocycles. The van der Waals surface area contributed by atoms with Crippen LogP contribution in [0.25, 0.3) is 21.8 Å². The molecule has 176 valence electrons. The molecule has 0 unspecified atom stereocenters. The molecule has 1 amide bonds. The molecule has 0 aliphatic carbocycles. The average molecular weight is 457 g/mol. The summed E-state index contributed by atoms with van der Waals surface area (Å²) in [5.74, 6) is -0.497. The van der Waals surface area contributed by atoms with E-state index in [9.17, 15) is 4.79 Å². The van der Waals surface area contributed by atoms with Crippen LogP contribution in [0.4, 0.5) is 0 Å². The van der Waals surface area contributed by atoms with E-state index in [0.717, 1.165) is 44.7 Å². The molecule has 4 aromatic rings. The van der Waals surface area contributed by atoms with Crippen molar-refractivity contribution >= 4 is 27.7 Å². The first-order chi connectivity index (χ1) is 16.5. The van der Waals surface area contributed by atoms with Gasteiger partial charge in [0.05, 0.1) is 0 Å². The number of fused-ring (bicyclic) bond motifs is 3. The fourth-order valence-electron chi connectivity index (χ4n) is 4.96.